The van der Waals surface area contributed by atoms with Crippen LogP contribution in [-0.2, 0) is 5.41 Å². The van der Waals surface area contributed by atoms with Crippen molar-refractivity contribution in [2.75, 3.05) is 0 Å². The minimum atomic E-state index is -0.622. The van der Waals surface area contributed by atoms with Crippen LogP contribution in [0.3, 0.4) is 0 Å². The molecule has 1 aliphatic carbocycles. The fourth-order valence-corrected chi connectivity index (χ4v) is 8.66. The highest BCUT2D eigenvalue weighted by Gasteiger charge is 2.52. The summed E-state index contributed by atoms with van der Waals surface area (Å²) < 4.78 is 6.64. The van der Waals surface area contributed by atoms with E-state index >= 15 is 0 Å². The van der Waals surface area contributed by atoms with Crippen LogP contribution < -0.4 is 4.74 Å². The largest absolute Gasteiger partial charge is 0.457 e. The van der Waals surface area contributed by atoms with Crippen LogP contribution in [-0.4, -0.2) is 24.9 Å². The molecule has 0 N–H and O–H groups in total. The maximum atomic E-state index is 6.64. The average Bonchev–Trinajstić information content (AvgIpc) is 3.58. The van der Waals surface area contributed by atoms with Crippen LogP contribution in [0.1, 0.15) is 22.3 Å². The summed E-state index contributed by atoms with van der Waals surface area (Å²) >= 11 is 0. The Morgan fingerprint density at radius 2 is 0.911 bits per heavy atom. The van der Waals surface area contributed by atoms with E-state index in [0.29, 0.717) is 23.2 Å². The van der Waals surface area contributed by atoms with Crippen molar-refractivity contribution in [1.82, 2.24) is 24.9 Å². The number of fused-ring (bicyclic) bond motifs is 9. The Hall–Kier alpha value is -7.57. The van der Waals surface area contributed by atoms with E-state index in [1.165, 1.54) is 22.3 Å². The lowest BCUT2D eigenvalue weighted by Crippen LogP contribution is -2.32. The predicted molar refractivity (Wildman–Crippen MR) is 220 cm³/mol. The molecular formula is C50H31N5O. The van der Waals surface area contributed by atoms with Gasteiger partial charge in [0.05, 0.1) is 5.41 Å². The van der Waals surface area contributed by atoms with E-state index in [-0.39, 0.29) is 0 Å². The van der Waals surface area contributed by atoms with Gasteiger partial charge in [0.15, 0.2) is 17.5 Å². The van der Waals surface area contributed by atoms with Crippen LogP contribution in [0.4, 0.5) is 0 Å². The van der Waals surface area contributed by atoms with E-state index in [1.807, 2.05) is 60.9 Å². The molecule has 0 saturated carbocycles. The molecule has 0 bridgehead atoms. The molecule has 0 saturated heterocycles. The molecule has 3 aromatic heterocycles. The SMILES string of the molecule is c1ccc(-c2nc(-c3cccc(-c4cccc5c4-c4c(-c6ccncc6)cccc4C54c5ccccc5Oc5ccccc54)c3)nc(-c3ccccn3)n2)cc1. The Labute approximate surface area is 323 Å². The van der Waals surface area contributed by atoms with Gasteiger partial charge in [0.1, 0.15) is 17.2 Å². The van der Waals surface area contributed by atoms with Crippen molar-refractivity contribution in [2.24, 2.45) is 0 Å². The Bertz CT molecular complexity index is 2850. The molecule has 6 heteroatoms. The third-order valence-electron chi connectivity index (χ3n) is 11.0. The van der Waals surface area contributed by atoms with Gasteiger partial charge in [-0.2, -0.15) is 0 Å². The first-order valence-electron chi connectivity index (χ1n) is 18.7. The summed E-state index contributed by atoms with van der Waals surface area (Å²) in [4.78, 5) is 23.9. The molecule has 2 aliphatic rings. The number of ether oxygens (including phenoxy) is 1. The van der Waals surface area contributed by atoms with Gasteiger partial charge in [-0.1, -0.05) is 127 Å². The van der Waals surface area contributed by atoms with E-state index in [1.54, 1.807) is 6.20 Å². The molecular weight excluding hydrogens is 687 g/mol. The number of pyridine rings is 2. The van der Waals surface area contributed by atoms with Gasteiger partial charge in [-0.15, -0.1) is 0 Å². The fraction of sp³-hybridized carbons (Fsp3) is 0.0200. The third kappa shape index (κ3) is 4.86. The van der Waals surface area contributed by atoms with Crippen molar-refractivity contribution < 1.29 is 4.74 Å². The molecule has 1 spiro atoms. The summed E-state index contributed by atoms with van der Waals surface area (Å²) in [6, 6.07) is 58.9. The maximum absolute atomic E-state index is 6.64. The second kappa shape index (κ2) is 12.8. The molecule has 56 heavy (non-hydrogen) atoms. The van der Waals surface area contributed by atoms with Crippen molar-refractivity contribution in [3.8, 4) is 79.2 Å². The van der Waals surface area contributed by atoms with Crippen molar-refractivity contribution in [1.29, 1.82) is 0 Å². The summed E-state index contributed by atoms with van der Waals surface area (Å²) in [6.07, 6.45) is 5.50. The molecule has 6 aromatic carbocycles. The zero-order valence-electron chi connectivity index (χ0n) is 30.0. The second-order valence-electron chi connectivity index (χ2n) is 14.0. The molecule has 0 atom stereocenters. The molecule has 1 aliphatic heterocycles. The first-order chi connectivity index (χ1) is 27.8. The first-order valence-corrected chi connectivity index (χ1v) is 18.7. The van der Waals surface area contributed by atoms with Crippen LogP contribution >= 0.6 is 0 Å². The van der Waals surface area contributed by atoms with Crippen LogP contribution in [0, 0.1) is 0 Å². The summed E-state index contributed by atoms with van der Waals surface area (Å²) in [5.41, 5.74) is 13.4. The van der Waals surface area contributed by atoms with Gasteiger partial charge in [0, 0.05) is 40.8 Å². The smallest absolute Gasteiger partial charge is 0.182 e. The van der Waals surface area contributed by atoms with Gasteiger partial charge >= 0.3 is 0 Å². The zero-order valence-corrected chi connectivity index (χ0v) is 30.0. The molecule has 0 fully saturated rings. The molecule has 262 valence electrons. The molecule has 0 unspecified atom stereocenters. The minimum Gasteiger partial charge on any atom is -0.457 e. The number of hydrogen-bond acceptors (Lipinski definition) is 6. The van der Waals surface area contributed by atoms with Gasteiger partial charge in [0.2, 0.25) is 0 Å². The quantitative estimate of drug-likeness (QED) is 0.176. The summed E-state index contributed by atoms with van der Waals surface area (Å²) in [6.45, 7) is 0. The Balaban J connectivity index is 1.18. The van der Waals surface area contributed by atoms with E-state index in [4.69, 9.17) is 19.7 Å². The van der Waals surface area contributed by atoms with Crippen LogP contribution in [0.2, 0.25) is 0 Å². The highest BCUT2D eigenvalue weighted by molar-refractivity contribution is 6.02. The summed E-state index contributed by atoms with van der Waals surface area (Å²) in [7, 11) is 0. The summed E-state index contributed by atoms with van der Waals surface area (Å²) in [5.74, 6) is 3.42. The number of benzene rings is 6. The second-order valence-corrected chi connectivity index (χ2v) is 14.0. The summed E-state index contributed by atoms with van der Waals surface area (Å²) in [5, 5.41) is 0. The highest BCUT2D eigenvalue weighted by Crippen LogP contribution is 2.64. The van der Waals surface area contributed by atoms with Crippen molar-refractivity contribution >= 4 is 0 Å². The van der Waals surface area contributed by atoms with Crippen LogP contribution in [0.5, 0.6) is 11.5 Å². The fourth-order valence-electron chi connectivity index (χ4n) is 8.66. The van der Waals surface area contributed by atoms with Gasteiger partial charge in [0.25, 0.3) is 0 Å². The number of rotatable bonds is 5. The highest BCUT2D eigenvalue weighted by atomic mass is 16.5. The topological polar surface area (TPSA) is 73.7 Å². The van der Waals surface area contributed by atoms with E-state index in [0.717, 1.165) is 56.0 Å². The molecule has 4 heterocycles. The lowest BCUT2D eigenvalue weighted by atomic mass is 9.66. The van der Waals surface area contributed by atoms with E-state index < -0.39 is 5.41 Å². The lowest BCUT2D eigenvalue weighted by molar-refractivity contribution is 0.436. The van der Waals surface area contributed by atoms with Crippen LogP contribution in [0.25, 0.3) is 67.7 Å². The third-order valence-corrected chi connectivity index (χ3v) is 11.0. The monoisotopic (exact) mass is 717 g/mol. The van der Waals surface area contributed by atoms with Gasteiger partial charge in [-0.05, 0) is 87.0 Å². The van der Waals surface area contributed by atoms with Gasteiger partial charge in [-0.3, -0.25) is 9.97 Å². The van der Waals surface area contributed by atoms with Crippen molar-refractivity contribution in [3.05, 3.63) is 211 Å². The Morgan fingerprint density at radius 3 is 1.59 bits per heavy atom. The van der Waals surface area contributed by atoms with Crippen LogP contribution in [0.15, 0.2) is 188 Å². The first kappa shape index (κ1) is 31.9. The molecule has 11 rings (SSSR count). The lowest BCUT2D eigenvalue weighted by Gasteiger charge is -2.39. The number of nitrogens with zero attached hydrogens (tertiary/aromatic N) is 5. The average molecular weight is 718 g/mol. The standard InChI is InChI=1S/C50H31N5O/c1-2-13-33(14-3-1)47-53-48(55-49(54-47)42-23-8-9-28-52-42)35-16-10-15-34(31-35)37-18-12-22-41-46(37)45-36(32-26-29-51-30-27-32)17-11-21-40(45)50(41)38-19-4-6-24-43(38)56-44-25-7-5-20-39(44)50/h1-31H. The Kier molecular flexibility index (Phi) is 7.29. The van der Waals surface area contributed by atoms with Crippen molar-refractivity contribution in [2.45, 2.75) is 5.41 Å². The number of para-hydroxylation sites is 2. The van der Waals surface area contributed by atoms with Gasteiger partial charge in [-0.25, -0.2) is 15.0 Å². The number of hydrogen-bond donors (Lipinski definition) is 0. The zero-order chi connectivity index (χ0) is 37.1. The normalized spacial score (nSPS) is 12.9. The van der Waals surface area contributed by atoms with E-state index in [9.17, 15) is 0 Å². The van der Waals surface area contributed by atoms with Crippen molar-refractivity contribution in [3.63, 3.8) is 0 Å². The molecule has 9 aromatic rings. The number of aromatic nitrogens is 5. The minimum absolute atomic E-state index is 0.523. The predicted octanol–water partition coefficient (Wildman–Crippen LogP) is 11.5. The Morgan fingerprint density at radius 1 is 0.375 bits per heavy atom. The maximum Gasteiger partial charge on any atom is 0.182 e. The molecule has 0 radical (unpaired) electrons. The molecule has 6 nitrogen and oxygen atoms in total. The molecule has 0 amide bonds. The van der Waals surface area contributed by atoms with Gasteiger partial charge < -0.3 is 4.74 Å². The van der Waals surface area contributed by atoms with E-state index in [2.05, 4.69) is 131 Å².